The number of fused-ring (bicyclic) bond motifs is 1. The number of alkyl halides is 3. The molecule has 0 aliphatic heterocycles. The molecule has 0 fully saturated rings. The molecule has 7 nitrogen and oxygen atoms in total. The normalized spacial score (nSPS) is 12.0. The van der Waals surface area contributed by atoms with Crippen LogP contribution in [0.1, 0.15) is 5.56 Å². The standard InChI is InChI=1S/C11H6F3N5O2/c12-11(13,14)4-1-2-5(15-3-4)7-16-6-8(17-7)18-10(21)19-9(6)20/h1-3H,(H3,16,17,18,19,20,21). The zero-order valence-electron chi connectivity index (χ0n) is 10.1. The fourth-order valence-electron chi connectivity index (χ4n) is 1.76. The third kappa shape index (κ3) is 2.30. The highest BCUT2D eigenvalue weighted by Gasteiger charge is 2.30. The van der Waals surface area contributed by atoms with E-state index in [9.17, 15) is 22.8 Å². The third-order valence-electron chi connectivity index (χ3n) is 2.72. The van der Waals surface area contributed by atoms with Crippen LogP contribution in [0.5, 0.6) is 0 Å². The summed E-state index contributed by atoms with van der Waals surface area (Å²) in [4.78, 5) is 37.1. The Balaban J connectivity index is 2.11. The van der Waals surface area contributed by atoms with Crippen LogP contribution < -0.4 is 11.2 Å². The molecule has 0 amide bonds. The highest BCUT2D eigenvalue weighted by atomic mass is 19.4. The molecule has 3 aromatic heterocycles. The van der Waals surface area contributed by atoms with E-state index in [0.29, 0.717) is 6.20 Å². The van der Waals surface area contributed by atoms with Crippen molar-refractivity contribution in [2.75, 3.05) is 0 Å². The second-order valence-electron chi connectivity index (χ2n) is 4.15. The number of aromatic amines is 3. The monoisotopic (exact) mass is 297 g/mol. The average Bonchev–Trinajstić information content (AvgIpc) is 2.82. The van der Waals surface area contributed by atoms with Gasteiger partial charge in [-0.3, -0.25) is 19.7 Å². The first-order valence-electron chi connectivity index (χ1n) is 5.60. The first-order valence-corrected chi connectivity index (χ1v) is 5.60. The molecular weight excluding hydrogens is 291 g/mol. The van der Waals surface area contributed by atoms with Crippen LogP contribution in [0.4, 0.5) is 13.2 Å². The van der Waals surface area contributed by atoms with Gasteiger partial charge in [0.25, 0.3) is 5.56 Å². The summed E-state index contributed by atoms with van der Waals surface area (Å²) in [5.41, 5.74) is -2.19. The third-order valence-corrected chi connectivity index (χ3v) is 2.72. The first-order chi connectivity index (χ1) is 9.84. The summed E-state index contributed by atoms with van der Waals surface area (Å²) in [6.45, 7) is 0. The Kier molecular flexibility index (Phi) is 2.68. The second-order valence-corrected chi connectivity index (χ2v) is 4.15. The molecule has 0 aromatic carbocycles. The van der Waals surface area contributed by atoms with Gasteiger partial charge < -0.3 is 4.98 Å². The van der Waals surface area contributed by atoms with Crippen molar-refractivity contribution >= 4 is 11.2 Å². The molecule has 3 heterocycles. The van der Waals surface area contributed by atoms with Gasteiger partial charge in [-0.25, -0.2) is 9.78 Å². The van der Waals surface area contributed by atoms with Crippen LogP contribution in [0.3, 0.4) is 0 Å². The van der Waals surface area contributed by atoms with Crippen molar-refractivity contribution in [3.63, 3.8) is 0 Å². The SMILES string of the molecule is O=c1[nH]c(=O)c2[nH]c(-c3ccc(C(F)(F)F)cn3)nc2[nH]1. The summed E-state index contributed by atoms with van der Waals surface area (Å²) in [6, 6.07) is 1.97. The molecule has 0 unspecified atom stereocenters. The minimum absolute atomic E-state index is 0.000415. The summed E-state index contributed by atoms with van der Waals surface area (Å²) in [5, 5.41) is 0. The van der Waals surface area contributed by atoms with Crippen molar-refractivity contribution in [3.05, 3.63) is 44.7 Å². The molecule has 3 aromatic rings. The van der Waals surface area contributed by atoms with Crippen LogP contribution in [0.2, 0.25) is 0 Å². The van der Waals surface area contributed by atoms with Gasteiger partial charge in [0.2, 0.25) is 0 Å². The van der Waals surface area contributed by atoms with Crippen molar-refractivity contribution < 1.29 is 13.2 Å². The Morgan fingerprint density at radius 1 is 1.05 bits per heavy atom. The maximum Gasteiger partial charge on any atom is 0.417 e. The average molecular weight is 297 g/mol. The lowest BCUT2D eigenvalue weighted by atomic mass is 10.2. The number of hydrogen-bond donors (Lipinski definition) is 3. The lowest BCUT2D eigenvalue weighted by Crippen LogP contribution is -2.21. The number of pyridine rings is 1. The largest absolute Gasteiger partial charge is 0.417 e. The van der Waals surface area contributed by atoms with Gasteiger partial charge in [-0.15, -0.1) is 0 Å². The smallest absolute Gasteiger partial charge is 0.331 e. The van der Waals surface area contributed by atoms with Gasteiger partial charge in [0.05, 0.1) is 5.56 Å². The van der Waals surface area contributed by atoms with Gasteiger partial charge in [0.1, 0.15) is 11.2 Å². The molecule has 3 N–H and O–H groups in total. The Labute approximate surface area is 112 Å². The number of hydrogen-bond acceptors (Lipinski definition) is 4. The first kappa shape index (κ1) is 13.1. The molecule has 0 saturated heterocycles. The van der Waals surface area contributed by atoms with Crippen LogP contribution in [-0.2, 0) is 6.18 Å². The maximum absolute atomic E-state index is 12.4. The van der Waals surface area contributed by atoms with E-state index < -0.39 is 23.0 Å². The van der Waals surface area contributed by atoms with Gasteiger partial charge in [-0.2, -0.15) is 13.2 Å². The van der Waals surface area contributed by atoms with Crippen molar-refractivity contribution in [3.8, 4) is 11.5 Å². The summed E-state index contributed by atoms with van der Waals surface area (Å²) in [5.74, 6) is 0.0751. The van der Waals surface area contributed by atoms with Crippen LogP contribution in [-0.4, -0.2) is 24.9 Å². The highest BCUT2D eigenvalue weighted by Crippen LogP contribution is 2.29. The van der Waals surface area contributed by atoms with Gasteiger partial charge in [-0.05, 0) is 12.1 Å². The Morgan fingerprint density at radius 3 is 2.43 bits per heavy atom. The fraction of sp³-hybridized carbons (Fsp3) is 0.0909. The van der Waals surface area contributed by atoms with Gasteiger partial charge in [0.15, 0.2) is 11.5 Å². The quantitative estimate of drug-likeness (QED) is 0.623. The number of nitrogens with zero attached hydrogens (tertiary/aromatic N) is 2. The van der Waals surface area contributed by atoms with E-state index in [4.69, 9.17) is 0 Å². The van der Waals surface area contributed by atoms with Gasteiger partial charge in [-0.1, -0.05) is 0 Å². The molecule has 108 valence electrons. The Morgan fingerprint density at radius 2 is 1.81 bits per heavy atom. The minimum atomic E-state index is -4.48. The molecule has 0 spiro atoms. The predicted molar refractivity (Wildman–Crippen MR) is 65.6 cm³/mol. The van der Waals surface area contributed by atoms with Crippen molar-refractivity contribution in [1.82, 2.24) is 24.9 Å². The molecule has 0 bridgehead atoms. The Bertz CT molecular complexity index is 920. The second kappa shape index (κ2) is 4.30. The fourth-order valence-corrected chi connectivity index (χ4v) is 1.76. The lowest BCUT2D eigenvalue weighted by molar-refractivity contribution is -0.137. The summed E-state index contributed by atoms with van der Waals surface area (Å²) < 4.78 is 37.3. The molecule has 0 aliphatic carbocycles. The van der Waals surface area contributed by atoms with Gasteiger partial charge in [0, 0.05) is 6.20 Å². The predicted octanol–water partition coefficient (Wildman–Crippen LogP) is 1.02. The number of halogens is 3. The van der Waals surface area contributed by atoms with Crippen molar-refractivity contribution in [1.29, 1.82) is 0 Å². The zero-order chi connectivity index (χ0) is 15.2. The van der Waals surface area contributed by atoms with E-state index in [1.54, 1.807) is 0 Å². The molecule has 0 radical (unpaired) electrons. The molecule has 0 saturated carbocycles. The summed E-state index contributed by atoms with van der Waals surface area (Å²) in [6.07, 6.45) is -3.82. The topological polar surface area (TPSA) is 107 Å². The zero-order valence-corrected chi connectivity index (χ0v) is 10.1. The van der Waals surface area contributed by atoms with E-state index in [0.717, 1.165) is 12.1 Å². The van der Waals surface area contributed by atoms with E-state index in [1.165, 1.54) is 0 Å². The number of rotatable bonds is 1. The number of imidazole rings is 1. The molecule has 3 rings (SSSR count). The molecule has 0 atom stereocenters. The van der Waals surface area contributed by atoms with Crippen molar-refractivity contribution in [2.45, 2.75) is 6.18 Å². The minimum Gasteiger partial charge on any atom is -0.331 e. The summed E-state index contributed by atoms with van der Waals surface area (Å²) >= 11 is 0. The molecule has 10 heteroatoms. The number of aromatic nitrogens is 5. The van der Waals surface area contributed by atoms with E-state index >= 15 is 0 Å². The summed E-state index contributed by atoms with van der Waals surface area (Å²) in [7, 11) is 0. The van der Waals surface area contributed by atoms with Crippen LogP contribution in [0.15, 0.2) is 27.9 Å². The van der Waals surface area contributed by atoms with Crippen molar-refractivity contribution in [2.24, 2.45) is 0 Å². The van der Waals surface area contributed by atoms with Gasteiger partial charge >= 0.3 is 11.9 Å². The van der Waals surface area contributed by atoms with Crippen LogP contribution >= 0.6 is 0 Å². The van der Waals surface area contributed by atoms with E-state index in [-0.39, 0.29) is 22.7 Å². The van der Waals surface area contributed by atoms with E-state index in [2.05, 4.69) is 19.9 Å². The Hall–Kier alpha value is -2.91. The number of nitrogens with one attached hydrogen (secondary N) is 3. The molecule has 21 heavy (non-hydrogen) atoms. The molecule has 0 aliphatic rings. The highest BCUT2D eigenvalue weighted by molar-refractivity contribution is 5.73. The lowest BCUT2D eigenvalue weighted by Gasteiger charge is -2.05. The van der Waals surface area contributed by atoms with Crippen LogP contribution in [0, 0.1) is 0 Å². The molecular formula is C11H6F3N5O2. The van der Waals surface area contributed by atoms with Crippen LogP contribution in [0.25, 0.3) is 22.7 Å². The maximum atomic E-state index is 12.4. The number of H-pyrrole nitrogens is 3. The van der Waals surface area contributed by atoms with E-state index in [1.807, 2.05) is 4.98 Å².